The Bertz CT molecular complexity index is 769. The van der Waals surface area contributed by atoms with Crippen molar-refractivity contribution >= 4 is 29.5 Å². The van der Waals surface area contributed by atoms with E-state index in [0.717, 1.165) is 4.68 Å². The monoisotopic (exact) mass is 322 g/mol. The highest BCUT2D eigenvalue weighted by Crippen LogP contribution is 2.23. The quantitative estimate of drug-likeness (QED) is 0.372. The molecule has 1 aromatic carbocycles. The fourth-order valence-electron chi connectivity index (χ4n) is 1.85. The highest BCUT2D eigenvalue weighted by atomic mass is 35.5. The third kappa shape index (κ3) is 3.12. The molecular formula is C13H11ClN4O4. The molecule has 0 N–H and O–H groups in total. The number of aromatic nitrogens is 2. The summed E-state index contributed by atoms with van der Waals surface area (Å²) in [4.78, 5) is 26.9. The Morgan fingerprint density at radius 3 is 2.82 bits per heavy atom. The second-order valence-corrected chi connectivity index (χ2v) is 4.71. The SMILES string of the molecule is Cc1nn(C)c(C(=O)ON=Cc2ccccc2Cl)c1[N+](=O)[O-]. The van der Waals surface area contributed by atoms with Crippen molar-refractivity contribution in [2.75, 3.05) is 0 Å². The van der Waals surface area contributed by atoms with Gasteiger partial charge in [-0.2, -0.15) is 5.10 Å². The summed E-state index contributed by atoms with van der Waals surface area (Å²) in [6.45, 7) is 1.43. The lowest BCUT2D eigenvalue weighted by molar-refractivity contribution is -0.385. The van der Waals surface area contributed by atoms with Crippen LogP contribution in [0.4, 0.5) is 5.69 Å². The second-order valence-electron chi connectivity index (χ2n) is 4.30. The molecule has 2 aromatic rings. The van der Waals surface area contributed by atoms with E-state index in [1.807, 2.05) is 0 Å². The molecule has 0 saturated carbocycles. The Hall–Kier alpha value is -2.74. The van der Waals surface area contributed by atoms with Gasteiger partial charge in [-0.15, -0.1) is 0 Å². The first kappa shape index (κ1) is 15.6. The van der Waals surface area contributed by atoms with Crippen molar-refractivity contribution in [1.82, 2.24) is 9.78 Å². The van der Waals surface area contributed by atoms with Crippen molar-refractivity contribution < 1.29 is 14.6 Å². The third-order valence-corrected chi connectivity index (χ3v) is 3.14. The van der Waals surface area contributed by atoms with Gasteiger partial charge in [-0.25, -0.2) is 4.79 Å². The molecule has 114 valence electrons. The van der Waals surface area contributed by atoms with E-state index in [1.54, 1.807) is 24.3 Å². The zero-order valence-electron chi connectivity index (χ0n) is 11.7. The molecule has 9 heteroatoms. The van der Waals surface area contributed by atoms with E-state index in [-0.39, 0.29) is 11.4 Å². The molecular weight excluding hydrogens is 312 g/mol. The first-order valence-electron chi connectivity index (χ1n) is 6.09. The maximum Gasteiger partial charge on any atom is 0.390 e. The summed E-state index contributed by atoms with van der Waals surface area (Å²) in [5.41, 5.74) is -0.0126. The molecule has 0 atom stereocenters. The number of carbonyl (C=O) groups is 1. The van der Waals surface area contributed by atoms with Crippen LogP contribution in [-0.2, 0) is 11.9 Å². The fraction of sp³-hybridized carbons (Fsp3) is 0.154. The van der Waals surface area contributed by atoms with Gasteiger partial charge in [0.05, 0.1) is 11.1 Å². The molecule has 0 radical (unpaired) electrons. The van der Waals surface area contributed by atoms with Crippen LogP contribution in [0.5, 0.6) is 0 Å². The number of oxime groups is 1. The van der Waals surface area contributed by atoms with Gasteiger partial charge >= 0.3 is 11.7 Å². The van der Waals surface area contributed by atoms with E-state index in [9.17, 15) is 14.9 Å². The van der Waals surface area contributed by atoms with Gasteiger partial charge in [-0.05, 0) is 13.0 Å². The van der Waals surface area contributed by atoms with Crippen molar-refractivity contribution in [2.45, 2.75) is 6.92 Å². The van der Waals surface area contributed by atoms with Crippen molar-refractivity contribution in [3.63, 3.8) is 0 Å². The molecule has 0 unspecified atom stereocenters. The van der Waals surface area contributed by atoms with Crippen LogP contribution in [0, 0.1) is 17.0 Å². The summed E-state index contributed by atoms with van der Waals surface area (Å²) in [7, 11) is 1.41. The Morgan fingerprint density at radius 2 is 2.18 bits per heavy atom. The minimum Gasteiger partial charge on any atom is -0.311 e. The van der Waals surface area contributed by atoms with Crippen LogP contribution < -0.4 is 0 Å². The second kappa shape index (κ2) is 6.35. The van der Waals surface area contributed by atoms with E-state index in [0.29, 0.717) is 10.6 Å². The Kier molecular flexibility index (Phi) is 4.52. The van der Waals surface area contributed by atoms with Gasteiger partial charge in [0.25, 0.3) is 0 Å². The molecule has 0 aliphatic heterocycles. The Balaban J connectivity index is 2.21. The largest absolute Gasteiger partial charge is 0.390 e. The van der Waals surface area contributed by atoms with Crippen LogP contribution >= 0.6 is 11.6 Å². The summed E-state index contributed by atoms with van der Waals surface area (Å²) in [6, 6.07) is 6.81. The lowest BCUT2D eigenvalue weighted by Crippen LogP contribution is -2.10. The number of carbonyl (C=O) groups excluding carboxylic acids is 1. The van der Waals surface area contributed by atoms with Gasteiger partial charge in [0.2, 0.25) is 5.69 Å². The molecule has 1 heterocycles. The Labute approximate surface area is 130 Å². The van der Waals surface area contributed by atoms with E-state index in [2.05, 4.69) is 15.1 Å². The van der Waals surface area contributed by atoms with Gasteiger partial charge in [0.15, 0.2) is 0 Å². The average molecular weight is 323 g/mol. The van der Waals surface area contributed by atoms with Crippen LogP contribution in [0.3, 0.4) is 0 Å². The fourth-order valence-corrected chi connectivity index (χ4v) is 2.03. The zero-order valence-corrected chi connectivity index (χ0v) is 12.4. The summed E-state index contributed by atoms with van der Waals surface area (Å²) in [6.07, 6.45) is 1.25. The van der Waals surface area contributed by atoms with Gasteiger partial charge in [-0.3, -0.25) is 14.8 Å². The lowest BCUT2D eigenvalue weighted by Gasteiger charge is -1.99. The first-order valence-corrected chi connectivity index (χ1v) is 6.47. The predicted octanol–water partition coefficient (Wildman–Crippen LogP) is 2.48. The number of benzene rings is 1. The number of nitrogens with zero attached hydrogens (tertiary/aromatic N) is 4. The predicted molar refractivity (Wildman–Crippen MR) is 79.1 cm³/mol. The van der Waals surface area contributed by atoms with Crippen LogP contribution in [0.15, 0.2) is 29.4 Å². The summed E-state index contributed by atoms with van der Waals surface area (Å²) in [5.74, 6) is -0.974. The van der Waals surface area contributed by atoms with Crippen molar-refractivity contribution in [1.29, 1.82) is 0 Å². The smallest absolute Gasteiger partial charge is 0.311 e. The zero-order chi connectivity index (χ0) is 16.3. The molecule has 0 spiro atoms. The molecule has 0 aliphatic carbocycles. The molecule has 2 rings (SSSR count). The normalized spacial score (nSPS) is 10.9. The van der Waals surface area contributed by atoms with Gasteiger partial charge < -0.3 is 4.84 Å². The minimum absolute atomic E-state index is 0.120. The topological polar surface area (TPSA) is 99.6 Å². The molecule has 22 heavy (non-hydrogen) atoms. The van der Waals surface area contributed by atoms with Crippen LogP contribution in [-0.4, -0.2) is 26.9 Å². The minimum atomic E-state index is -0.974. The molecule has 0 aliphatic rings. The van der Waals surface area contributed by atoms with Crippen molar-refractivity contribution in [3.8, 4) is 0 Å². The highest BCUT2D eigenvalue weighted by Gasteiger charge is 2.30. The molecule has 0 bridgehead atoms. The van der Waals surface area contributed by atoms with Crippen LogP contribution in [0.25, 0.3) is 0 Å². The number of aryl methyl sites for hydroxylation is 2. The maximum absolute atomic E-state index is 11.9. The van der Waals surface area contributed by atoms with E-state index in [1.165, 1.54) is 20.2 Å². The molecule has 0 amide bonds. The Morgan fingerprint density at radius 1 is 1.50 bits per heavy atom. The molecule has 8 nitrogen and oxygen atoms in total. The summed E-state index contributed by atoms with van der Waals surface area (Å²) < 4.78 is 1.08. The molecule has 0 fully saturated rings. The number of hydrogen-bond donors (Lipinski definition) is 0. The van der Waals surface area contributed by atoms with Crippen LogP contribution in [0.1, 0.15) is 21.7 Å². The van der Waals surface area contributed by atoms with Crippen molar-refractivity contribution in [3.05, 3.63) is 56.4 Å². The average Bonchev–Trinajstić information content (AvgIpc) is 2.75. The number of halogens is 1. The number of hydrogen-bond acceptors (Lipinski definition) is 6. The summed E-state index contributed by atoms with van der Waals surface area (Å²) >= 11 is 5.92. The number of rotatable bonds is 4. The lowest BCUT2D eigenvalue weighted by atomic mass is 10.2. The first-order chi connectivity index (χ1) is 10.4. The molecule has 1 aromatic heterocycles. The standard InChI is InChI=1S/C13H11ClN4O4/c1-8-11(18(20)21)12(17(2)16-8)13(19)22-15-7-9-5-3-4-6-10(9)14/h3-7H,1-2H3. The number of nitro groups is 1. The summed E-state index contributed by atoms with van der Waals surface area (Å²) in [5, 5.41) is 18.8. The van der Waals surface area contributed by atoms with Gasteiger partial charge in [0.1, 0.15) is 5.69 Å². The third-order valence-electron chi connectivity index (χ3n) is 2.80. The highest BCUT2D eigenvalue weighted by molar-refractivity contribution is 6.33. The maximum atomic E-state index is 11.9. The van der Waals surface area contributed by atoms with Crippen LogP contribution in [0.2, 0.25) is 5.02 Å². The van der Waals surface area contributed by atoms with E-state index < -0.39 is 16.6 Å². The molecule has 0 saturated heterocycles. The van der Waals surface area contributed by atoms with E-state index >= 15 is 0 Å². The van der Waals surface area contributed by atoms with Crippen molar-refractivity contribution in [2.24, 2.45) is 12.2 Å². The van der Waals surface area contributed by atoms with E-state index in [4.69, 9.17) is 11.6 Å². The van der Waals surface area contributed by atoms with Gasteiger partial charge in [-0.1, -0.05) is 35.0 Å². The van der Waals surface area contributed by atoms with Gasteiger partial charge in [0, 0.05) is 17.6 Å².